The number of allylic oxidation sites excluding steroid dienone is 2. The summed E-state index contributed by atoms with van der Waals surface area (Å²) in [6.45, 7) is 0. The van der Waals surface area contributed by atoms with Crippen LogP contribution in [0.3, 0.4) is 0 Å². The number of benzene rings is 1. The number of nitrogens with zero attached hydrogens (tertiary/aromatic N) is 1. The summed E-state index contributed by atoms with van der Waals surface area (Å²) in [6.07, 6.45) is 9.29. The van der Waals surface area contributed by atoms with E-state index >= 15 is 0 Å². The number of carbonyl (C=O) groups excluding carboxylic acids is 3. The second kappa shape index (κ2) is 9.06. The Kier molecular flexibility index (Phi) is 6.23. The first kappa shape index (κ1) is 21.3. The summed E-state index contributed by atoms with van der Waals surface area (Å²) in [7, 11) is 1.60. The molecule has 164 valence electrons. The number of hydrogen-bond donors (Lipinski definition) is 1. The van der Waals surface area contributed by atoms with Crippen LogP contribution in [-0.4, -0.2) is 48.0 Å². The maximum absolute atomic E-state index is 13.0. The molecule has 3 amide bonds. The van der Waals surface area contributed by atoms with Gasteiger partial charge < -0.3 is 15.2 Å². The van der Waals surface area contributed by atoms with Crippen LogP contribution in [-0.2, 0) is 14.3 Å². The number of amides is 3. The molecule has 1 aromatic rings. The predicted octanol–water partition coefficient (Wildman–Crippen LogP) is 3.10. The molecule has 0 spiro atoms. The van der Waals surface area contributed by atoms with Gasteiger partial charge in [-0.15, -0.1) is 0 Å². The summed E-state index contributed by atoms with van der Waals surface area (Å²) in [5.74, 6) is -0.679. The quantitative estimate of drug-likeness (QED) is 0.678. The van der Waals surface area contributed by atoms with Gasteiger partial charge in [-0.3, -0.25) is 19.3 Å². The van der Waals surface area contributed by atoms with Crippen LogP contribution in [0.25, 0.3) is 0 Å². The Balaban J connectivity index is 1.61. The lowest BCUT2D eigenvalue weighted by atomic mass is 9.91. The van der Waals surface area contributed by atoms with Gasteiger partial charge in [-0.05, 0) is 36.6 Å². The molecule has 1 fully saturated rings. The lowest BCUT2D eigenvalue weighted by Crippen LogP contribution is -2.44. The van der Waals surface area contributed by atoms with Crippen LogP contribution in [0.5, 0.6) is 0 Å². The van der Waals surface area contributed by atoms with Crippen molar-refractivity contribution < 1.29 is 23.9 Å². The van der Waals surface area contributed by atoms with Crippen molar-refractivity contribution >= 4 is 17.7 Å². The van der Waals surface area contributed by atoms with Gasteiger partial charge in [-0.2, -0.15) is 0 Å². The summed E-state index contributed by atoms with van der Waals surface area (Å²) < 4.78 is 11.9. The number of ether oxygens (including phenoxy) is 2. The van der Waals surface area contributed by atoms with Crippen molar-refractivity contribution in [1.82, 2.24) is 4.90 Å². The van der Waals surface area contributed by atoms with Gasteiger partial charge in [0, 0.05) is 6.42 Å². The van der Waals surface area contributed by atoms with Crippen molar-refractivity contribution in [2.75, 3.05) is 7.11 Å². The molecule has 2 N–H and O–H groups in total. The van der Waals surface area contributed by atoms with E-state index in [2.05, 4.69) is 0 Å². The third kappa shape index (κ3) is 4.28. The summed E-state index contributed by atoms with van der Waals surface area (Å²) in [6, 6.07) is 5.95. The van der Waals surface area contributed by atoms with Crippen molar-refractivity contribution in [2.45, 2.75) is 63.2 Å². The van der Waals surface area contributed by atoms with Crippen LogP contribution < -0.4 is 5.73 Å². The Morgan fingerprint density at radius 2 is 1.74 bits per heavy atom. The molecule has 7 heteroatoms. The monoisotopic (exact) mass is 424 g/mol. The lowest BCUT2D eigenvalue weighted by Gasteiger charge is -2.34. The van der Waals surface area contributed by atoms with Gasteiger partial charge in [0.1, 0.15) is 11.9 Å². The molecule has 2 unspecified atom stereocenters. The Morgan fingerprint density at radius 3 is 2.32 bits per heavy atom. The summed E-state index contributed by atoms with van der Waals surface area (Å²) in [5.41, 5.74) is 6.97. The van der Waals surface area contributed by atoms with Crippen LogP contribution in [0.15, 0.2) is 47.7 Å². The molecule has 2 atom stereocenters. The van der Waals surface area contributed by atoms with Crippen LogP contribution in [0.2, 0.25) is 0 Å². The minimum absolute atomic E-state index is 0.135. The normalized spacial score (nSPS) is 22.6. The zero-order chi connectivity index (χ0) is 22.0. The average Bonchev–Trinajstić information content (AvgIpc) is 3.03. The first-order valence-electron chi connectivity index (χ1n) is 10.8. The van der Waals surface area contributed by atoms with E-state index < -0.39 is 23.8 Å². The Labute approximate surface area is 181 Å². The highest BCUT2D eigenvalue weighted by Gasteiger charge is 2.42. The highest BCUT2D eigenvalue weighted by molar-refractivity contribution is 6.21. The van der Waals surface area contributed by atoms with Gasteiger partial charge in [0.2, 0.25) is 5.91 Å². The number of nitrogens with two attached hydrogens (primary N) is 1. The number of methoxy groups -OCH3 is 1. The molecule has 31 heavy (non-hydrogen) atoms. The Bertz CT molecular complexity index is 910. The van der Waals surface area contributed by atoms with Crippen molar-refractivity contribution in [3.63, 3.8) is 0 Å². The number of hydrogen-bond acceptors (Lipinski definition) is 5. The molecule has 7 nitrogen and oxygen atoms in total. The average molecular weight is 424 g/mol. The molecular weight excluding hydrogens is 396 g/mol. The van der Waals surface area contributed by atoms with Crippen LogP contribution in [0.1, 0.15) is 65.7 Å². The molecule has 4 rings (SSSR count). The maximum Gasteiger partial charge on any atom is 0.262 e. The van der Waals surface area contributed by atoms with E-state index in [1.165, 1.54) is 11.3 Å². The number of carbonyl (C=O) groups is 3. The molecule has 1 aromatic carbocycles. The van der Waals surface area contributed by atoms with Gasteiger partial charge in [-0.1, -0.05) is 37.5 Å². The highest BCUT2D eigenvalue weighted by Crippen LogP contribution is 2.34. The van der Waals surface area contributed by atoms with E-state index in [1.54, 1.807) is 37.5 Å². The molecule has 0 bridgehead atoms. The molecule has 0 aromatic heterocycles. The second-order valence-corrected chi connectivity index (χ2v) is 8.32. The van der Waals surface area contributed by atoms with E-state index in [4.69, 9.17) is 15.2 Å². The van der Waals surface area contributed by atoms with Gasteiger partial charge in [0.15, 0.2) is 0 Å². The summed E-state index contributed by atoms with van der Waals surface area (Å²) in [5, 5.41) is 0. The van der Waals surface area contributed by atoms with Crippen molar-refractivity contribution in [3.8, 4) is 0 Å². The summed E-state index contributed by atoms with van der Waals surface area (Å²) in [4.78, 5) is 39.2. The number of rotatable bonds is 7. The van der Waals surface area contributed by atoms with E-state index in [-0.39, 0.29) is 18.6 Å². The fourth-order valence-corrected chi connectivity index (χ4v) is 4.74. The number of fused-ring (bicyclic) bond motifs is 1. The number of primary amides is 1. The van der Waals surface area contributed by atoms with Gasteiger partial charge in [-0.25, -0.2) is 0 Å². The molecule has 3 aliphatic rings. The Hall–Kier alpha value is -2.93. The molecule has 1 saturated carbocycles. The minimum atomic E-state index is -0.753. The van der Waals surface area contributed by atoms with E-state index in [9.17, 15) is 14.4 Å². The van der Waals surface area contributed by atoms with E-state index in [0.717, 1.165) is 31.3 Å². The summed E-state index contributed by atoms with van der Waals surface area (Å²) >= 11 is 0. The zero-order valence-corrected chi connectivity index (χ0v) is 17.7. The van der Waals surface area contributed by atoms with Crippen molar-refractivity contribution in [1.29, 1.82) is 0 Å². The minimum Gasteiger partial charge on any atom is -0.498 e. The molecule has 1 heterocycles. The maximum atomic E-state index is 13.0. The van der Waals surface area contributed by atoms with E-state index in [0.29, 0.717) is 23.3 Å². The first-order valence-corrected chi connectivity index (χ1v) is 10.8. The molecular formula is C24H28N2O5. The molecule has 1 aliphatic heterocycles. The molecule has 0 radical (unpaired) electrons. The fraction of sp³-hybridized carbons (Fsp3) is 0.458. The van der Waals surface area contributed by atoms with E-state index in [1.807, 2.05) is 6.08 Å². The third-order valence-electron chi connectivity index (χ3n) is 6.30. The first-order chi connectivity index (χ1) is 15.0. The van der Waals surface area contributed by atoms with Crippen LogP contribution in [0, 0.1) is 0 Å². The molecule has 2 aliphatic carbocycles. The molecule has 0 saturated heterocycles. The smallest absolute Gasteiger partial charge is 0.262 e. The van der Waals surface area contributed by atoms with Gasteiger partial charge >= 0.3 is 0 Å². The predicted molar refractivity (Wildman–Crippen MR) is 114 cm³/mol. The van der Waals surface area contributed by atoms with Crippen molar-refractivity contribution in [2.24, 2.45) is 5.73 Å². The lowest BCUT2D eigenvalue weighted by molar-refractivity contribution is -0.118. The van der Waals surface area contributed by atoms with Gasteiger partial charge in [0.25, 0.3) is 11.8 Å². The van der Waals surface area contributed by atoms with Crippen molar-refractivity contribution in [3.05, 3.63) is 58.9 Å². The SMILES string of the molecule is COC1=CC=C(C(CC(N)=O)N2C(=O)c3ccccc3C2=O)CC1OC1CCCCC1. The zero-order valence-electron chi connectivity index (χ0n) is 17.7. The second-order valence-electron chi connectivity index (χ2n) is 8.32. The largest absolute Gasteiger partial charge is 0.498 e. The van der Waals surface area contributed by atoms with Gasteiger partial charge in [0.05, 0.1) is 36.8 Å². The fourth-order valence-electron chi connectivity index (χ4n) is 4.74. The Morgan fingerprint density at radius 1 is 1.10 bits per heavy atom. The topological polar surface area (TPSA) is 98.9 Å². The van der Waals surface area contributed by atoms with Crippen LogP contribution in [0.4, 0.5) is 0 Å². The standard InChI is InChI=1S/C24H28N2O5/c1-30-20-12-11-15(13-21(20)31-16-7-3-2-4-8-16)19(14-22(25)27)26-23(28)17-9-5-6-10-18(17)24(26)29/h5-6,9-12,16,19,21H,2-4,7-8,13-14H2,1H3,(H2,25,27). The number of imide groups is 1. The highest BCUT2D eigenvalue weighted by atomic mass is 16.5. The van der Waals surface area contributed by atoms with Crippen LogP contribution >= 0.6 is 0 Å². The third-order valence-corrected chi connectivity index (χ3v) is 6.30.